The zero-order valence-corrected chi connectivity index (χ0v) is 18.0. The van der Waals surface area contributed by atoms with Gasteiger partial charge in [-0.25, -0.2) is 0 Å². The van der Waals surface area contributed by atoms with Gasteiger partial charge in [-0.15, -0.1) is 0 Å². The summed E-state index contributed by atoms with van der Waals surface area (Å²) in [5.74, 6) is 0.332. The Labute approximate surface area is 182 Å². The van der Waals surface area contributed by atoms with E-state index in [1.807, 2.05) is 87.5 Å². The first-order valence-electron chi connectivity index (χ1n) is 10.6. The summed E-state index contributed by atoms with van der Waals surface area (Å²) in [6, 6.07) is 21.2. The van der Waals surface area contributed by atoms with E-state index in [4.69, 9.17) is 4.74 Å². The third kappa shape index (κ3) is 4.04. The van der Waals surface area contributed by atoms with Gasteiger partial charge in [0.15, 0.2) is 0 Å². The van der Waals surface area contributed by atoms with E-state index in [1.54, 1.807) is 0 Å². The molecule has 0 saturated carbocycles. The summed E-state index contributed by atoms with van der Waals surface area (Å²) in [7, 11) is 0. The van der Waals surface area contributed by atoms with Gasteiger partial charge in [0.25, 0.3) is 11.8 Å². The highest BCUT2D eigenvalue weighted by Gasteiger charge is 2.39. The Kier molecular flexibility index (Phi) is 5.76. The van der Waals surface area contributed by atoms with Gasteiger partial charge in [-0.05, 0) is 42.0 Å². The van der Waals surface area contributed by atoms with Crippen molar-refractivity contribution in [2.24, 2.45) is 5.92 Å². The summed E-state index contributed by atoms with van der Waals surface area (Å²) in [5.41, 5.74) is 2.19. The lowest BCUT2D eigenvalue weighted by atomic mass is 10.0. The van der Waals surface area contributed by atoms with Crippen molar-refractivity contribution in [2.75, 3.05) is 18.5 Å². The average Bonchev–Trinajstić information content (AvgIpc) is 2.99. The lowest BCUT2D eigenvalue weighted by Gasteiger charge is -2.17. The molecule has 2 amide bonds. The van der Waals surface area contributed by atoms with Crippen LogP contribution in [0.15, 0.2) is 72.4 Å². The lowest BCUT2D eigenvalue weighted by molar-refractivity contribution is -0.137. The maximum atomic E-state index is 13.3. The van der Waals surface area contributed by atoms with Gasteiger partial charge in [0.2, 0.25) is 0 Å². The second-order valence-electron chi connectivity index (χ2n) is 7.97. The summed E-state index contributed by atoms with van der Waals surface area (Å²) in [6.45, 7) is 6.85. The van der Waals surface area contributed by atoms with Gasteiger partial charge in [0.05, 0.1) is 12.2 Å². The van der Waals surface area contributed by atoms with Crippen molar-refractivity contribution in [3.05, 3.63) is 78.0 Å². The highest BCUT2D eigenvalue weighted by Crippen LogP contribution is 2.33. The fourth-order valence-electron chi connectivity index (χ4n) is 3.84. The number of anilines is 1. The molecule has 0 spiro atoms. The van der Waals surface area contributed by atoms with E-state index in [0.717, 1.165) is 22.2 Å². The predicted molar refractivity (Wildman–Crippen MR) is 124 cm³/mol. The van der Waals surface area contributed by atoms with Crippen LogP contribution < -0.4 is 10.1 Å². The quantitative estimate of drug-likeness (QED) is 0.548. The molecule has 31 heavy (non-hydrogen) atoms. The molecule has 5 heteroatoms. The highest BCUT2D eigenvalue weighted by atomic mass is 16.5. The summed E-state index contributed by atoms with van der Waals surface area (Å²) in [6.07, 6.45) is 0. The van der Waals surface area contributed by atoms with E-state index < -0.39 is 0 Å². The molecule has 0 saturated heterocycles. The highest BCUT2D eigenvalue weighted by molar-refractivity contribution is 6.36. The van der Waals surface area contributed by atoms with Gasteiger partial charge in [-0.2, -0.15) is 0 Å². The molecule has 0 atom stereocenters. The molecule has 158 valence electrons. The minimum atomic E-state index is -0.296. The van der Waals surface area contributed by atoms with Gasteiger partial charge in [-0.1, -0.05) is 62.4 Å². The molecule has 0 bridgehead atoms. The molecule has 3 aromatic carbocycles. The van der Waals surface area contributed by atoms with Crippen molar-refractivity contribution in [3.63, 3.8) is 0 Å². The topological polar surface area (TPSA) is 58.6 Å². The number of nitrogens with zero attached hydrogens (tertiary/aromatic N) is 1. The van der Waals surface area contributed by atoms with Crippen molar-refractivity contribution in [2.45, 2.75) is 20.8 Å². The molecule has 0 aliphatic carbocycles. The standard InChI is InChI=1S/C26H26N2O3/c1-4-31-20-14-12-19(13-15-20)23-24(26(30)28(25(23)29)16-17(2)3)27-22-11-7-9-18-8-5-6-10-21(18)22/h5-15,17,27H,4,16H2,1-3H3. The Morgan fingerprint density at radius 1 is 0.903 bits per heavy atom. The Morgan fingerprint density at radius 3 is 2.32 bits per heavy atom. The van der Waals surface area contributed by atoms with Gasteiger partial charge < -0.3 is 10.1 Å². The SMILES string of the molecule is CCOc1ccc(C2=C(Nc3cccc4ccccc34)C(=O)N(CC(C)C)C2=O)cc1. The Balaban J connectivity index is 1.80. The number of ether oxygens (including phenoxy) is 1. The molecule has 1 heterocycles. The van der Waals surface area contributed by atoms with Crippen molar-refractivity contribution in [3.8, 4) is 5.75 Å². The molecular formula is C26H26N2O3. The Morgan fingerprint density at radius 2 is 1.61 bits per heavy atom. The first-order chi connectivity index (χ1) is 15.0. The zero-order chi connectivity index (χ0) is 22.0. The van der Waals surface area contributed by atoms with Gasteiger partial charge in [-0.3, -0.25) is 14.5 Å². The minimum absolute atomic E-state index is 0.173. The number of carbonyl (C=O) groups is 2. The monoisotopic (exact) mass is 414 g/mol. The van der Waals surface area contributed by atoms with Crippen molar-refractivity contribution in [1.29, 1.82) is 0 Å². The number of carbonyl (C=O) groups excluding carboxylic acids is 2. The van der Waals surface area contributed by atoms with E-state index in [1.165, 1.54) is 4.90 Å². The van der Waals surface area contributed by atoms with Crippen LogP contribution in [0.2, 0.25) is 0 Å². The summed E-state index contributed by atoms with van der Waals surface area (Å²) in [4.78, 5) is 27.9. The third-order valence-electron chi connectivity index (χ3n) is 5.22. The van der Waals surface area contributed by atoms with Crippen LogP contribution in [0, 0.1) is 5.92 Å². The Bertz CT molecular complexity index is 1160. The van der Waals surface area contributed by atoms with Crippen LogP contribution in [0.3, 0.4) is 0 Å². The Hall–Kier alpha value is -3.60. The van der Waals surface area contributed by atoms with Crippen molar-refractivity contribution >= 4 is 33.8 Å². The van der Waals surface area contributed by atoms with Crippen LogP contribution in [-0.2, 0) is 9.59 Å². The molecule has 1 N–H and O–H groups in total. The fraction of sp³-hybridized carbons (Fsp3) is 0.231. The van der Waals surface area contributed by atoms with E-state index in [-0.39, 0.29) is 17.7 Å². The lowest BCUT2D eigenvalue weighted by Crippen LogP contribution is -2.35. The van der Waals surface area contributed by atoms with Crippen LogP contribution in [-0.4, -0.2) is 29.9 Å². The van der Waals surface area contributed by atoms with Crippen LogP contribution in [0.25, 0.3) is 16.3 Å². The molecule has 5 nitrogen and oxygen atoms in total. The molecule has 4 rings (SSSR count). The van der Waals surface area contributed by atoms with Crippen LogP contribution >= 0.6 is 0 Å². The third-order valence-corrected chi connectivity index (χ3v) is 5.22. The predicted octanol–water partition coefficient (Wildman–Crippen LogP) is 5.09. The second kappa shape index (κ2) is 8.64. The molecule has 3 aromatic rings. The molecular weight excluding hydrogens is 388 g/mol. The van der Waals surface area contributed by atoms with E-state index in [9.17, 15) is 9.59 Å². The average molecular weight is 415 g/mol. The summed E-state index contributed by atoms with van der Waals surface area (Å²) < 4.78 is 5.52. The largest absolute Gasteiger partial charge is 0.494 e. The van der Waals surface area contributed by atoms with Crippen LogP contribution in [0.4, 0.5) is 5.69 Å². The second-order valence-corrected chi connectivity index (χ2v) is 7.97. The fourth-order valence-corrected chi connectivity index (χ4v) is 3.84. The normalized spacial score (nSPS) is 14.1. The van der Waals surface area contributed by atoms with Gasteiger partial charge >= 0.3 is 0 Å². The molecule has 1 aliphatic rings. The smallest absolute Gasteiger partial charge is 0.278 e. The number of rotatable bonds is 7. The number of benzene rings is 3. The molecule has 0 radical (unpaired) electrons. The molecule has 0 fully saturated rings. The van der Waals surface area contributed by atoms with E-state index in [2.05, 4.69) is 5.32 Å². The number of nitrogens with one attached hydrogen (secondary N) is 1. The number of amides is 2. The van der Waals surface area contributed by atoms with Crippen molar-refractivity contribution in [1.82, 2.24) is 4.90 Å². The molecule has 0 unspecified atom stereocenters. The summed E-state index contributed by atoms with van der Waals surface area (Å²) >= 11 is 0. The van der Waals surface area contributed by atoms with Crippen LogP contribution in [0.1, 0.15) is 26.3 Å². The molecule has 1 aliphatic heterocycles. The van der Waals surface area contributed by atoms with Gasteiger partial charge in [0, 0.05) is 17.6 Å². The maximum absolute atomic E-state index is 13.3. The van der Waals surface area contributed by atoms with Crippen LogP contribution in [0.5, 0.6) is 5.75 Å². The summed E-state index contributed by atoms with van der Waals surface area (Å²) in [5, 5.41) is 5.35. The first-order valence-corrected chi connectivity index (χ1v) is 10.6. The number of fused-ring (bicyclic) bond motifs is 1. The van der Waals surface area contributed by atoms with Gasteiger partial charge in [0.1, 0.15) is 11.4 Å². The number of hydrogen-bond donors (Lipinski definition) is 1. The maximum Gasteiger partial charge on any atom is 0.278 e. The zero-order valence-electron chi connectivity index (χ0n) is 18.0. The van der Waals surface area contributed by atoms with E-state index in [0.29, 0.717) is 30.0 Å². The number of imide groups is 1. The van der Waals surface area contributed by atoms with Crippen molar-refractivity contribution < 1.29 is 14.3 Å². The minimum Gasteiger partial charge on any atom is -0.494 e. The van der Waals surface area contributed by atoms with E-state index >= 15 is 0 Å². The molecule has 0 aromatic heterocycles. The first kappa shape index (κ1) is 20.7. The number of hydrogen-bond acceptors (Lipinski definition) is 4.